The number of sulfonamides is 1. The van der Waals surface area contributed by atoms with E-state index in [1.807, 2.05) is 23.1 Å². The van der Waals surface area contributed by atoms with Gasteiger partial charge in [-0.25, -0.2) is 12.7 Å². The molecule has 1 aromatic heterocycles. The minimum Gasteiger partial charge on any atom is -0.368 e. The Morgan fingerprint density at radius 3 is 2.41 bits per heavy atom. The zero-order chi connectivity index (χ0) is 19.3. The van der Waals surface area contributed by atoms with Gasteiger partial charge in [0.2, 0.25) is 5.91 Å². The molecule has 0 saturated carbocycles. The Morgan fingerprint density at radius 2 is 1.78 bits per heavy atom. The quantitative estimate of drug-likeness (QED) is 0.708. The second-order valence-corrected chi connectivity index (χ2v) is 9.79. The van der Waals surface area contributed by atoms with E-state index in [9.17, 15) is 13.2 Å². The number of rotatable bonds is 7. The van der Waals surface area contributed by atoms with Crippen LogP contribution in [0.15, 0.2) is 52.1 Å². The van der Waals surface area contributed by atoms with Crippen molar-refractivity contribution in [2.24, 2.45) is 0 Å². The first-order valence-electron chi connectivity index (χ1n) is 9.06. The van der Waals surface area contributed by atoms with Gasteiger partial charge in [0.05, 0.1) is 0 Å². The van der Waals surface area contributed by atoms with E-state index in [0.29, 0.717) is 36.7 Å². The topological polar surface area (TPSA) is 60.9 Å². The molecule has 1 fully saturated rings. The maximum absolute atomic E-state index is 12.4. The fourth-order valence-electron chi connectivity index (χ4n) is 3.15. The number of carbonyl (C=O) groups is 1. The summed E-state index contributed by atoms with van der Waals surface area (Å²) < 4.78 is 26.4. The van der Waals surface area contributed by atoms with Crippen LogP contribution in [0, 0.1) is 0 Å². The Balaban J connectivity index is 1.43. The van der Waals surface area contributed by atoms with Gasteiger partial charge in [-0.2, -0.15) is 0 Å². The third kappa shape index (κ3) is 4.88. The molecule has 1 aliphatic heterocycles. The van der Waals surface area contributed by atoms with Crippen LogP contribution in [-0.4, -0.2) is 63.3 Å². The maximum Gasteiger partial charge on any atom is 0.252 e. The predicted molar refractivity (Wildman–Crippen MR) is 109 cm³/mol. The molecular weight excluding hydrogens is 382 g/mol. The molecule has 1 saturated heterocycles. The number of benzene rings is 1. The fraction of sp³-hybridized carbons (Fsp3) is 0.421. The van der Waals surface area contributed by atoms with E-state index in [4.69, 9.17) is 0 Å². The summed E-state index contributed by atoms with van der Waals surface area (Å²) in [6, 6.07) is 13.5. The van der Waals surface area contributed by atoms with Gasteiger partial charge in [-0.1, -0.05) is 24.3 Å². The fourth-order valence-corrected chi connectivity index (χ4v) is 5.56. The lowest BCUT2D eigenvalue weighted by Gasteiger charge is -2.36. The van der Waals surface area contributed by atoms with E-state index in [1.54, 1.807) is 24.6 Å². The number of carbonyl (C=O) groups excluding carboxylic acids is 1. The number of thiophene rings is 1. The molecule has 1 aliphatic rings. The van der Waals surface area contributed by atoms with Crippen molar-refractivity contribution in [1.29, 1.82) is 0 Å². The van der Waals surface area contributed by atoms with Crippen molar-refractivity contribution in [3.8, 4) is 0 Å². The standard InChI is InChI=1S/C19H25N3O3S2/c1-20(27(24,25)19-10-6-16-26-19)11-5-9-18(23)22-14-12-21(13-15-22)17-7-3-2-4-8-17/h2-4,6-8,10,16H,5,9,11-15H2,1H3. The van der Waals surface area contributed by atoms with Gasteiger partial charge in [0.25, 0.3) is 10.0 Å². The van der Waals surface area contributed by atoms with Crippen LogP contribution in [0.4, 0.5) is 5.69 Å². The highest BCUT2D eigenvalue weighted by Crippen LogP contribution is 2.20. The molecule has 1 amide bonds. The molecule has 0 spiro atoms. The first kappa shape index (κ1) is 19.9. The van der Waals surface area contributed by atoms with Gasteiger partial charge in [-0.15, -0.1) is 11.3 Å². The van der Waals surface area contributed by atoms with E-state index in [1.165, 1.54) is 21.3 Å². The van der Waals surface area contributed by atoms with Crippen molar-refractivity contribution in [3.05, 3.63) is 47.8 Å². The minimum absolute atomic E-state index is 0.102. The number of piperazine rings is 1. The molecular formula is C19H25N3O3S2. The molecule has 27 heavy (non-hydrogen) atoms. The van der Waals surface area contributed by atoms with Crippen molar-refractivity contribution in [1.82, 2.24) is 9.21 Å². The summed E-state index contributed by atoms with van der Waals surface area (Å²) in [4.78, 5) is 16.6. The highest BCUT2D eigenvalue weighted by Gasteiger charge is 2.23. The molecule has 0 atom stereocenters. The SMILES string of the molecule is CN(CCCC(=O)N1CCN(c2ccccc2)CC1)S(=O)(=O)c1cccs1. The molecule has 0 aliphatic carbocycles. The van der Waals surface area contributed by atoms with Crippen LogP contribution in [-0.2, 0) is 14.8 Å². The average Bonchev–Trinajstić information content (AvgIpc) is 3.24. The van der Waals surface area contributed by atoms with Crippen LogP contribution >= 0.6 is 11.3 Å². The molecule has 0 radical (unpaired) electrons. The molecule has 3 rings (SSSR count). The zero-order valence-electron chi connectivity index (χ0n) is 15.5. The Morgan fingerprint density at radius 1 is 1.07 bits per heavy atom. The van der Waals surface area contributed by atoms with E-state index in [-0.39, 0.29) is 5.91 Å². The highest BCUT2D eigenvalue weighted by atomic mass is 32.2. The van der Waals surface area contributed by atoms with E-state index in [0.717, 1.165) is 13.1 Å². The Labute approximate surface area is 165 Å². The van der Waals surface area contributed by atoms with E-state index < -0.39 is 10.0 Å². The monoisotopic (exact) mass is 407 g/mol. The molecule has 8 heteroatoms. The lowest BCUT2D eigenvalue weighted by atomic mass is 10.2. The molecule has 0 N–H and O–H groups in total. The van der Waals surface area contributed by atoms with Crippen LogP contribution in [0.1, 0.15) is 12.8 Å². The summed E-state index contributed by atoms with van der Waals surface area (Å²) in [5.41, 5.74) is 1.19. The van der Waals surface area contributed by atoms with Gasteiger partial charge in [-0.05, 0) is 30.0 Å². The van der Waals surface area contributed by atoms with Crippen LogP contribution < -0.4 is 4.90 Å². The third-order valence-electron chi connectivity index (χ3n) is 4.78. The van der Waals surface area contributed by atoms with Crippen molar-refractivity contribution < 1.29 is 13.2 Å². The lowest BCUT2D eigenvalue weighted by Crippen LogP contribution is -2.48. The van der Waals surface area contributed by atoms with Crippen molar-refractivity contribution >= 4 is 33.0 Å². The second-order valence-electron chi connectivity index (χ2n) is 6.57. The highest BCUT2D eigenvalue weighted by molar-refractivity contribution is 7.91. The van der Waals surface area contributed by atoms with Crippen LogP contribution in [0.3, 0.4) is 0 Å². The summed E-state index contributed by atoms with van der Waals surface area (Å²) in [6.07, 6.45) is 0.897. The lowest BCUT2D eigenvalue weighted by molar-refractivity contribution is -0.131. The van der Waals surface area contributed by atoms with Gasteiger partial charge < -0.3 is 9.80 Å². The molecule has 0 unspecified atom stereocenters. The first-order valence-corrected chi connectivity index (χ1v) is 11.4. The molecule has 6 nitrogen and oxygen atoms in total. The Bertz CT molecular complexity index is 830. The Kier molecular flexibility index (Phi) is 6.51. The molecule has 146 valence electrons. The maximum atomic E-state index is 12.4. The number of nitrogens with zero attached hydrogens (tertiary/aromatic N) is 3. The van der Waals surface area contributed by atoms with Crippen LogP contribution in [0.25, 0.3) is 0 Å². The number of hydrogen-bond acceptors (Lipinski definition) is 5. The van der Waals surface area contributed by atoms with Gasteiger partial charge in [0.15, 0.2) is 0 Å². The van der Waals surface area contributed by atoms with Crippen LogP contribution in [0.5, 0.6) is 0 Å². The average molecular weight is 408 g/mol. The third-order valence-corrected chi connectivity index (χ3v) is 8.01. The summed E-state index contributed by atoms with van der Waals surface area (Å²) in [5.74, 6) is 0.102. The van der Waals surface area contributed by atoms with Gasteiger partial charge in [0.1, 0.15) is 4.21 Å². The van der Waals surface area contributed by atoms with Crippen LogP contribution in [0.2, 0.25) is 0 Å². The smallest absolute Gasteiger partial charge is 0.252 e. The van der Waals surface area contributed by atoms with E-state index >= 15 is 0 Å². The molecule has 1 aromatic carbocycles. The van der Waals surface area contributed by atoms with Crippen molar-refractivity contribution in [2.75, 3.05) is 44.7 Å². The van der Waals surface area contributed by atoms with Gasteiger partial charge in [0, 0.05) is 51.9 Å². The van der Waals surface area contributed by atoms with Crippen molar-refractivity contribution in [2.45, 2.75) is 17.1 Å². The summed E-state index contributed by atoms with van der Waals surface area (Å²) in [6.45, 7) is 3.40. The van der Waals surface area contributed by atoms with Gasteiger partial charge in [-0.3, -0.25) is 4.79 Å². The summed E-state index contributed by atoms with van der Waals surface area (Å²) >= 11 is 1.21. The number of amides is 1. The predicted octanol–water partition coefficient (Wildman–Crippen LogP) is 2.50. The molecule has 0 bridgehead atoms. The summed E-state index contributed by atoms with van der Waals surface area (Å²) in [5, 5.41) is 1.75. The van der Waals surface area contributed by atoms with Gasteiger partial charge >= 0.3 is 0 Å². The van der Waals surface area contributed by atoms with Crippen molar-refractivity contribution in [3.63, 3.8) is 0 Å². The molecule has 2 aromatic rings. The molecule has 2 heterocycles. The largest absolute Gasteiger partial charge is 0.368 e. The summed E-state index contributed by atoms with van der Waals surface area (Å²) in [7, 11) is -1.87. The Hall–Kier alpha value is -1.90. The normalized spacial score (nSPS) is 15.3. The minimum atomic E-state index is -3.44. The van der Waals surface area contributed by atoms with E-state index in [2.05, 4.69) is 17.0 Å². The number of para-hydroxylation sites is 1. The number of anilines is 1. The zero-order valence-corrected chi connectivity index (χ0v) is 17.1. The number of hydrogen-bond donors (Lipinski definition) is 0. The first-order chi connectivity index (χ1) is 13.0. The second kappa shape index (κ2) is 8.86.